The van der Waals surface area contributed by atoms with E-state index in [-0.39, 0.29) is 0 Å². The maximum Gasteiger partial charge on any atom is 0.136 e. The molecule has 2 rings (SSSR count). The summed E-state index contributed by atoms with van der Waals surface area (Å²) >= 11 is 3.52. The fraction of sp³-hybridized carbons (Fsp3) is 0.176. The van der Waals surface area contributed by atoms with Crippen molar-refractivity contribution in [2.75, 3.05) is 0 Å². The van der Waals surface area contributed by atoms with Crippen LogP contribution in [0, 0.1) is 11.8 Å². The first-order chi connectivity index (χ1) is 9.31. The van der Waals surface area contributed by atoms with Crippen molar-refractivity contribution >= 4 is 15.9 Å². The van der Waals surface area contributed by atoms with Crippen LogP contribution in [0.5, 0.6) is 5.75 Å². The summed E-state index contributed by atoms with van der Waals surface area (Å²) < 4.78 is 6.84. The summed E-state index contributed by atoms with van der Waals surface area (Å²) in [7, 11) is 0. The Kier molecular flexibility index (Phi) is 5.06. The minimum Gasteiger partial charge on any atom is -0.488 e. The smallest absolute Gasteiger partial charge is 0.136 e. The molecule has 0 amide bonds. The van der Waals surface area contributed by atoms with Crippen molar-refractivity contribution < 1.29 is 4.74 Å². The van der Waals surface area contributed by atoms with Gasteiger partial charge in [-0.3, -0.25) is 0 Å². The molecule has 0 spiro atoms. The van der Waals surface area contributed by atoms with Crippen molar-refractivity contribution in [2.45, 2.75) is 20.0 Å². The highest BCUT2D eigenvalue weighted by molar-refractivity contribution is 9.10. The number of halogens is 1. The maximum absolute atomic E-state index is 5.87. The Labute approximate surface area is 122 Å². The second-order valence-corrected chi connectivity index (χ2v) is 4.90. The van der Waals surface area contributed by atoms with E-state index in [9.17, 15) is 0 Å². The number of ether oxygens (including phenoxy) is 1. The molecule has 1 nitrogen and oxygen atoms in total. The summed E-state index contributed by atoms with van der Waals surface area (Å²) in [5, 5.41) is 0. The number of benzene rings is 2. The molecule has 2 heteroatoms. The first-order valence-electron chi connectivity index (χ1n) is 6.25. The first kappa shape index (κ1) is 13.7. The van der Waals surface area contributed by atoms with Crippen molar-refractivity contribution in [1.82, 2.24) is 0 Å². The predicted molar refractivity (Wildman–Crippen MR) is 82.1 cm³/mol. The molecule has 2 aromatic carbocycles. The zero-order chi connectivity index (χ0) is 13.5. The highest BCUT2D eigenvalue weighted by Gasteiger charge is 2.05. The standard InChI is InChI=1S/C17H15BrO/c1-2-3-10-15-16(18)11-7-12-17(15)19-13-14-8-5-4-6-9-14/h4-9,11-12H,2,13H2,1H3. The third kappa shape index (κ3) is 3.87. The summed E-state index contributed by atoms with van der Waals surface area (Å²) in [6.07, 6.45) is 0.833. The number of rotatable bonds is 3. The molecule has 0 aliphatic carbocycles. The van der Waals surface area contributed by atoms with E-state index in [4.69, 9.17) is 4.74 Å². The Morgan fingerprint density at radius 2 is 1.84 bits per heavy atom. The quantitative estimate of drug-likeness (QED) is 0.740. The summed E-state index contributed by atoms with van der Waals surface area (Å²) in [4.78, 5) is 0. The molecule has 0 unspecified atom stereocenters. The molecule has 0 fully saturated rings. The lowest BCUT2D eigenvalue weighted by atomic mass is 10.2. The van der Waals surface area contributed by atoms with E-state index in [0.29, 0.717) is 6.61 Å². The van der Waals surface area contributed by atoms with Gasteiger partial charge in [-0.25, -0.2) is 0 Å². The van der Waals surface area contributed by atoms with Gasteiger partial charge in [0, 0.05) is 10.9 Å². The molecule has 0 N–H and O–H groups in total. The second-order valence-electron chi connectivity index (χ2n) is 4.04. The van der Waals surface area contributed by atoms with E-state index in [0.717, 1.165) is 27.8 Å². The zero-order valence-electron chi connectivity index (χ0n) is 10.8. The highest BCUT2D eigenvalue weighted by Crippen LogP contribution is 2.26. The van der Waals surface area contributed by atoms with Crippen LogP contribution < -0.4 is 4.74 Å². The molecule has 0 bridgehead atoms. The lowest BCUT2D eigenvalue weighted by molar-refractivity contribution is 0.305. The summed E-state index contributed by atoms with van der Waals surface area (Å²) in [5.74, 6) is 7.05. The Hall–Kier alpha value is -1.72. The van der Waals surface area contributed by atoms with Gasteiger partial charge in [0.2, 0.25) is 0 Å². The first-order valence-corrected chi connectivity index (χ1v) is 7.04. The van der Waals surface area contributed by atoms with Crippen LogP contribution in [0.4, 0.5) is 0 Å². The topological polar surface area (TPSA) is 9.23 Å². The fourth-order valence-electron chi connectivity index (χ4n) is 1.66. The van der Waals surface area contributed by atoms with Gasteiger partial charge in [0.25, 0.3) is 0 Å². The third-order valence-electron chi connectivity index (χ3n) is 2.60. The average molecular weight is 315 g/mol. The summed E-state index contributed by atoms with van der Waals surface area (Å²) in [6.45, 7) is 2.59. The summed E-state index contributed by atoms with van der Waals surface area (Å²) in [6, 6.07) is 16.0. The molecule has 0 aromatic heterocycles. The Morgan fingerprint density at radius 1 is 1.05 bits per heavy atom. The minimum absolute atomic E-state index is 0.554. The van der Waals surface area contributed by atoms with Crippen LogP contribution in [0.25, 0.3) is 0 Å². The molecule has 0 heterocycles. The van der Waals surface area contributed by atoms with Crippen LogP contribution in [0.3, 0.4) is 0 Å². The molecule has 0 aliphatic rings. The highest BCUT2D eigenvalue weighted by atomic mass is 79.9. The van der Waals surface area contributed by atoms with E-state index in [2.05, 4.69) is 39.9 Å². The maximum atomic E-state index is 5.87. The molecule has 0 saturated carbocycles. The van der Waals surface area contributed by atoms with Crippen LogP contribution in [0.2, 0.25) is 0 Å². The third-order valence-corrected chi connectivity index (χ3v) is 3.26. The Bertz CT molecular complexity index is 594. The van der Waals surface area contributed by atoms with E-state index in [1.54, 1.807) is 0 Å². The van der Waals surface area contributed by atoms with E-state index >= 15 is 0 Å². The normalized spacial score (nSPS) is 9.58. The molecule has 0 aliphatic heterocycles. The van der Waals surface area contributed by atoms with Crippen LogP contribution in [-0.4, -0.2) is 0 Å². The van der Waals surface area contributed by atoms with E-state index in [1.165, 1.54) is 0 Å². The van der Waals surface area contributed by atoms with Gasteiger partial charge in [0.15, 0.2) is 0 Å². The van der Waals surface area contributed by atoms with Crippen molar-refractivity contribution in [2.24, 2.45) is 0 Å². The van der Waals surface area contributed by atoms with Gasteiger partial charge in [-0.15, -0.1) is 0 Å². The van der Waals surface area contributed by atoms with Crippen molar-refractivity contribution in [1.29, 1.82) is 0 Å². The van der Waals surface area contributed by atoms with Gasteiger partial charge >= 0.3 is 0 Å². The lowest BCUT2D eigenvalue weighted by Gasteiger charge is -2.09. The number of hydrogen-bond acceptors (Lipinski definition) is 1. The van der Waals surface area contributed by atoms with E-state index < -0.39 is 0 Å². The molecule has 0 saturated heterocycles. The molecule has 19 heavy (non-hydrogen) atoms. The lowest BCUT2D eigenvalue weighted by Crippen LogP contribution is -1.97. The molecular weight excluding hydrogens is 300 g/mol. The van der Waals surface area contributed by atoms with Gasteiger partial charge in [-0.2, -0.15) is 0 Å². The van der Waals surface area contributed by atoms with Gasteiger partial charge in [-0.05, 0) is 33.6 Å². The zero-order valence-corrected chi connectivity index (χ0v) is 12.4. The molecular formula is C17H15BrO. The molecule has 2 aromatic rings. The van der Waals surface area contributed by atoms with Gasteiger partial charge in [0.05, 0.1) is 5.56 Å². The second kappa shape index (κ2) is 7.01. The van der Waals surface area contributed by atoms with Gasteiger partial charge in [0.1, 0.15) is 12.4 Å². The SMILES string of the molecule is CCC#Cc1c(Br)cccc1OCc1ccccc1. The molecule has 0 atom stereocenters. The van der Waals surface area contributed by atoms with Crippen LogP contribution in [0.15, 0.2) is 53.0 Å². The summed E-state index contributed by atoms with van der Waals surface area (Å²) in [5.41, 5.74) is 2.07. The van der Waals surface area contributed by atoms with Crippen molar-refractivity contribution in [3.8, 4) is 17.6 Å². The van der Waals surface area contributed by atoms with E-state index in [1.807, 2.05) is 43.3 Å². The molecule has 96 valence electrons. The Morgan fingerprint density at radius 3 is 2.58 bits per heavy atom. The molecule has 0 radical (unpaired) electrons. The monoisotopic (exact) mass is 314 g/mol. The fourth-order valence-corrected chi connectivity index (χ4v) is 2.11. The van der Waals surface area contributed by atoms with Crippen molar-refractivity contribution in [3.05, 3.63) is 64.1 Å². The minimum atomic E-state index is 0.554. The number of hydrogen-bond donors (Lipinski definition) is 0. The largest absolute Gasteiger partial charge is 0.488 e. The average Bonchev–Trinajstić information content (AvgIpc) is 2.45. The van der Waals surface area contributed by atoms with Crippen molar-refractivity contribution in [3.63, 3.8) is 0 Å². The van der Waals surface area contributed by atoms with Crippen LogP contribution in [0.1, 0.15) is 24.5 Å². The van der Waals surface area contributed by atoms with Crippen LogP contribution in [-0.2, 0) is 6.61 Å². The van der Waals surface area contributed by atoms with Gasteiger partial charge in [-0.1, -0.05) is 55.2 Å². The van der Waals surface area contributed by atoms with Gasteiger partial charge < -0.3 is 4.74 Å². The Balaban J connectivity index is 2.18. The predicted octanol–water partition coefficient (Wildman–Crippen LogP) is 4.79. The van der Waals surface area contributed by atoms with Crippen LogP contribution >= 0.6 is 15.9 Å².